The molecular formula is C13H22N2O2. The zero-order valence-electron chi connectivity index (χ0n) is 11.2. The molecule has 1 heterocycles. The van der Waals surface area contributed by atoms with Gasteiger partial charge in [0.25, 0.3) is 0 Å². The molecule has 0 aliphatic carbocycles. The summed E-state index contributed by atoms with van der Waals surface area (Å²) in [5.74, 6) is 0.788. The predicted molar refractivity (Wildman–Crippen MR) is 66.6 cm³/mol. The number of carbonyl (C=O) groups is 1. The minimum Gasteiger partial charge on any atom is -0.466 e. The van der Waals surface area contributed by atoms with Gasteiger partial charge in [-0.2, -0.15) is 0 Å². The van der Waals surface area contributed by atoms with Crippen LogP contribution in [0.5, 0.6) is 0 Å². The van der Waals surface area contributed by atoms with Crippen molar-refractivity contribution < 1.29 is 9.53 Å². The summed E-state index contributed by atoms with van der Waals surface area (Å²) in [7, 11) is 0. The smallest absolute Gasteiger partial charge is 0.311 e. The van der Waals surface area contributed by atoms with Gasteiger partial charge in [-0.1, -0.05) is 6.92 Å². The molecule has 0 fully saturated rings. The van der Waals surface area contributed by atoms with Crippen LogP contribution in [0, 0.1) is 5.41 Å². The lowest BCUT2D eigenvalue weighted by Crippen LogP contribution is -2.30. The number of imidazole rings is 1. The van der Waals surface area contributed by atoms with Crippen LogP contribution in [0.15, 0.2) is 12.4 Å². The van der Waals surface area contributed by atoms with E-state index in [1.807, 2.05) is 27.0 Å². The Morgan fingerprint density at radius 1 is 1.47 bits per heavy atom. The van der Waals surface area contributed by atoms with E-state index in [-0.39, 0.29) is 5.97 Å². The predicted octanol–water partition coefficient (Wildman–Crippen LogP) is 2.42. The average molecular weight is 238 g/mol. The van der Waals surface area contributed by atoms with Crippen LogP contribution in [-0.2, 0) is 22.5 Å². The van der Waals surface area contributed by atoms with Crippen LogP contribution < -0.4 is 0 Å². The number of hydrogen-bond acceptors (Lipinski definition) is 3. The first-order valence-corrected chi connectivity index (χ1v) is 6.18. The van der Waals surface area contributed by atoms with E-state index in [4.69, 9.17) is 4.74 Å². The molecule has 0 N–H and O–H groups in total. The third kappa shape index (κ3) is 3.58. The fraction of sp³-hybridized carbons (Fsp3) is 0.692. The highest BCUT2D eigenvalue weighted by molar-refractivity contribution is 5.76. The molecule has 0 saturated heterocycles. The van der Waals surface area contributed by atoms with E-state index in [1.54, 1.807) is 6.20 Å². The van der Waals surface area contributed by atoms with Crippen LogP contribution in [0.4, 0.5) is 0 Å². The Balaban J connectivity index is 2.75. The second-order valence-electron chi connectivity index (χ2n) is 4.82. The number of ether oxygens (including phenoxy) is 1. The van der Waals surface area contributed by atoms with E-state index in [2.05, 4.69) is 16.5 Å². The fourth-order valence-corrected chi connectivity index (χ4v) is 1.75. The van der Waals surface area contributed by atoms with Crippen LogP contribution in [-0.4, -0.2) is 22.1 Å². The van der Waals surface area contributed by atoms with Crippen molar-refractivity contribution in [2.45, 2.75) is 47.1 Å². The van der Waals surface area contributed by atoms with Gasteiger partial charge in [0.2, 0.25) is 0 Å². The maximum absolute atomic E-state index is 11.8. The molecule has 0 radical (unpaired) electrons. The number of esters is 1. The zero-order valence-corrected chi connectivity index (χ0v) is 11.2. The first-order chi connectivity index (χ1) is 8.01. The van der Waals surface area contributed by atoms with Crippen LogP contribution in [0.25, 0.3) is 0 Å². The Kier molecular flexibility index (Phi) is 4.73. The molecular weight excluding hydrogens is 216 g/mol. The second-order valence-corrected chi connectivity index (χ2v) is 4.82. The summed E-state index contributed by atoms with van der Waals surface area (Å²) in [5, 5.41) is 0. The Hall–Kier alpha value is -1.32. The first-order valence-electron chi connectivity index (χ1n) is 6.18. The molecule has 0 bridgehead atoms. The minimum atomic E-state index is -0.521. The van der Waals surface area contributed by atoms with Gasteiger partial charge in [-0.05, 0) is 27.2 Å². The summed E-state index contributed by atoms with van der Waals surface area (Å²) in [6.07, 6.45) is 5.41. The van der Waals surface area contributed by atoms with Gasteiger partial charge in [-0.15, -0.1) is 0 Å². The number of rotatable bonds is 6. The molecule has 1 rings (SSSR count). The van der Waals surface area contributed by atoms with Crippen LogP contribution in [0.1, 0.15) is 39.9 Å². The first kappa shape index (κ1) is 13.7. The fourth-order valence-electron chi connectivity index (χ4n) is 1.75. The van der Waals surface area contributed by atoms with E-state index >= 15 is 0 Å². The summed E-state index contributed by atoms with van der Waals surface area (Å²) in [6.45, 7) is 9.11. The van der Waals surface area contributed by atoms with Crippen LogP contribution in [0.2, 0.25) is 0 Å². The van der Waals surface area contributed by atoms with Crippen molar-refractivity contribution in [3.63, 3.8) is 0 Å². The van der Waals surface area contributed by atoms with Crippen molar-refractivity contribution >= 4 is 5.97 Å². The average Bonchev–Trinajstić information content (AvgIpc) is 2.66. The molecule has 0 atom stereocenters. The number of hydrogen-bond donors (Lipinski definition) is 0. The molecule has 4 nitrogen and oxygen atoms in total. The zero-order chi connectivity index (χ0) is 12.9. The van der Waals surface area contributed by atoms with Gasteiger partial charge in [-0.25, -0.2) is 4.98 Å². The number of carbonyl (C=O) groups excluding carboxylic acids is 1. The molecule has 0 aliphatic rings. The largest absolute Gasteiger partial charge is 0.466 e. The van der Waals surface area contributed by atoms with E-state index in [0.717, 1.165) is 18.8 Å². The van der Waals surface area contributed by atoms with Gasteiger partial charge in [0.05, 0.1) is 12.0 Å². The topological polar surface area (TPSA) is 44.1 Å². The van der Waals surface area contributed by atoms with Gasteiger partial charge in [0.15, 0.2) is 0 Å². The number of aryl methyl sites for hydroxylation is 1. The minimum absolute atomic E-state index is 0.161. The summed E-state index contributed by atoms with van der Waals surface area (Å²) in [5.41, 5.74) is -0.521. The van der Waals surface area contributed by atoms with Crippen molar-refractivity contribution in [3.8, 4) is 0 Å². The lowest BCUT2D eigenvalue weighted by molar-refractivity contribution is -0.153. The Morgan fingerprint density at radius 2 is 2.18 bits per heavy atom. The lowest BCUT2D eigenvalue weighted by atomic mass is 9.89. The Labute approximate surface area is 103 Å². The van der Waals surface area contributed by atoms with E-state index in [9.17, 15) is 4.79 Å². The second kappa shape index (κ2) is 5.84. The van der Waals surface area contributed by atoms with Crippen molar-refractivity contribution in [1.82, 2.24) is 9.55 Å². The van der Waals surface area contributed by atoms with Crippen molar-refractivity contribution in [2.75, 3.05) is 6.61 Å². The molecule has 0 aromatic carbocycles. The maximum Gasteiger partial charge on any atom is 0.311 e. The Bertz CT molecular complexity index is 369. The van der Waals surface area contributed by atoms with Gasteiger partial charge in [0.1, 0.15) is 5.82 Å². The highest BCUT2D eigenvalue weighted by Crippen LogP contribution is 2.23. The molecule has 4 heteroatoms. The van der Waals surface area contributed by atoms with Gasteiger partial charge < -0.3 is 9.30 Å². The van der Waals surface area contributed by atoms with E-state index in [1.165, 1.54) is 0 Å². The third-order valence-electron chi connectivity index (χ3n) is 2.69. The van der Waals surface area contributed by atoms with Crippen molar-refractivity contribution in [3.05, 3.63) is 18.2 Å². The highest BCUT2D eigenvalue weighted by atomic mass is 16.5. The third-order valence-corrected chi connectivity index (χ3v) is 2.69. The molecule has 0 unspecified atom stereocenters. The highest BCUT2D eigenvalue weighted by Gasteiger charge is 2.31. The normalized spacial score (nSPS) is 11.5. The number of aromatic nitrogens is 2. The molecule has 0 saturated carbocycles. The standard InChI is InChI=1S/C13H22N2O2/c1-5-8-15-9-7-14-11(15)10-13(3,4)12(16)17-6-2/h7,9H,5-6,8,10H2,1-4H3. The molecule has 17 heavy (non-hydrogen) atoms. The van der Waals surface area contributed by atoms with Crippen molar-refractivity contribution in [2.24, 2.45) is 5.41 Å². The molecule has 0 amide bonds. The summed E-state index contributed by atoms with van der Waals surface area (Å²) < 4.78 is 7.18. The summed E-state index contributed by atoms with van der Waals surface area (Å²) >= 11 is 0. The van der Waals surface area contributed by atoms with Crippen LogP contribution in [0.3, 0.4) is 0 Å². The van der Waals surface area contributed by atoms with E-state index < -0.39 is 5.41 Å². The monoisotopic (exact) mass is 238 g/mol. The quantitative estimate of drug-likeness (QED) is 0.715. The van der Waals surface area contributed by atoms with Crippen molar-refractivity contribution in [1.29, 1.82) is 0 Å². The molecule has 0 aliphatic heterocycles. The lowest BCUT2D eigenvalue weighted by Gasteiger charge is -2.22. The summed E-state index contributed by atoms with van der Waals surface area (Å²) in [4.78, 5) is 16.1. The van der Waals surface area contributed by atoms with Gasteiger partial charge >= 0.3 is 5.97 Å². The Morgan fingerprint density at radius 3 is 2.76 bits per heavy atom. The molecule has 1 aromatic heterocycles. The molecule has 96 valence electrons. The summed E-state index contributed by atoms with van der Waals surface area (Å²) in [6, 6.07) is 0. The van der Waals surface area contributed by atoms with Crippen LogP contribution >= 0.6 is 0 Å². The molecule has 1 aromatic rings. The molecule has 0 spiro atoms. The number of nitrogens with zero attached hydrogens (tertiary/aromatic N) is 2. The maximum atomic E-state index is 11.8. The SMILES string of the molecule is CCCn1ccnc1CC(C)(C)C(=O)OCC. The van der Waals surface area contributed by atoms with Gasteiger partial charge in [0, 0.05) is 25.4 Å². The van der Waals surface area contributed by atoms with Gasteiger partial charge in [-0.3, -0.25) is 4.79 Å². The van der Waals surface area contributed by atoms with E-state index in [0.29, 0.717) is 13.0 Å².